The van der Waals surface area contributed by atoms with E-state index in [1.807, 2.05) is 36.4 Å². The van der Waals surface area contributed by atoms with Crippen molar-refractivity contribution in [2.45, 2.75) is 33.2 Å². The maximum atomic E-state index is 11.9. The van der Waals surface area contributed by atoms with Gasteiger partial charge in [0.1, 0.15) is 0 Å². The molecule has 0 saturated carbocycles. The molecule has 0 aliphatic carbocycles. The summed E-state index contributed by atoms with van der Waals surface area (Å²) in [5, 5.41) is 4.49. The van der Waals surface area contributed by atoms with Crippen LogP contribution in [0, 0.1) is 5.92 Å². The predicted molar refractivity (Wildman–Crippen MR) is 77.3 cm³/mol. The summed E-state index contributed by atoms with van der Waals surface area (Å²) >= 11 is 0. The minimum atomic E-state index is -0.0523. The number of aromatic nitrogens is 2. The minimum Gasteiger partial charge on any atom is -0.268 e. The van der Waals surface area contributed by atoms with E-state index in [0.29, 0.717) is 18.4 Å². The van der Waals surface area contributed by atoms with Gasteiger partial charge < -0.3 is 0 Å². The van der Waals surface area contributed by atoms with Gasteiger partial charge in [-0.1, -0.05) is 51.1 Å². The van der Waals surface area contributed by atoms with Crippen LogP contribution < -0.4 is 5.56 Å². The number of benzene rings is 1. The Morgan fingerprint density at radius 2 is 1.74 bits per heavy atom. The smallest absolute Gasteiger partial charge is 0.267 e. The first-order valence-corrected chi connectivity index (χ1v) is 6.70. The van der Waals surface area contributed by atoms with Gasteiger partial charge in [0, 0.05) is 12.0 Å². The molecule has 2 rings (SSSR count). The Bertz CT molecular complexity index is 587. The highest BCUT2D eigenvalue weighted by Crippen LogP contribution is 2.20. The molecule has 2 aromatic rings. The van der Waals surface area contributed by atoms with Gasteiger partial charge in [0.15, 0.2) is 0 Å². The SMILES string of the molecule is CC(C)C(C)c1ccc(=O)n(Cc2ccccc2)n1. The molecule has 0 fully saturated rings. The van der Waals surface area contributed by atoms with E-state index in [0.717, 1.165) is 11.3 Å². The summed E-state index contributed by atoms with van der Waals surface area (Å²) in [6.45, 7) is 7.00. The van der Waals surface area contributed by atoms with E-state index in [2.05, 4.69) is 25.9 Å². The summed E-state index contributed by atoms with van der Waals surface area (Å²) in [5.41, 5.74) is 2.01. The van der Waals surface area contributed by atoms with Crippen LogP contribution >= 0.6 is 0 Å². The van der Waals surface area contributed by atoms with E-state index in [4.69, 9.17) is 0 Å². The molecular formula is C16H20N2O. The maximum Gasteiger partial charge on any atom is 0.267 e. The summed E-state index contributed by atoms with van der Waals surface area (Å²) < 4.78 is 1.55. The molecule has 0 N–H and O–H groups in total. The Balaban J connectivity index is 2.30. The van der Waals surface area contributed by atoms with Gasteiger partial charge in [-0.05, 0) is 17.5 Å². The minimum absolute atomic E-state index is 0.0523. The normalized spacial score (nSPS) is 12.6. The van der Waals surface area contributed by atoms with Crippen LogP contribution in [0.5, 0.6) is 0 Å². The maximum absolute atomic E-state index is 11.9. The molecule has 1 aromatic heterocycles. The Hall–Kier alpha value is -1.90. The van der Waals surface area contributed by atoms with Crippen LogP contribution in [0.4, 0.5) is 0 Å². The molecule has 1 atom stereocenters. The van der Waals surface area contributed by atoms with E-state index < -0.39 is 0 Å². The van der Waals surface area contributed by atoms with Crippen LogP contribution in [0.2, 0.25) is 0 Å². The molecule has 0 amide bonds. The second-order valence-corrected chi connectivity index (χ2v) is 5.27. The van der Waals surface area contributed by atoms with Crippen LogP contribution in [-0.2, 0) is 6.54 Å². The van der Waals surface area contributed by atoms with Crippen LogP contribution in [0.25, 0.3) is 0 Å². The van der Waals surface area contributed by atoms with Gasteiger partial charge >= 0.3 is 0 Å². The molecule has 1 aromatic carbocycles. The van der Waals surface area contributed by atoms with Crippen molar-refractivity contribution in [2.24, 2.45) is 5.92 Å². The van der Waals surface area contributed by atoms with Crippen molar-refractivity contribution in [3.05, 3.63) is 64.1 Å². The monoisotopic (exact) mass is 256 g/mol. The van der Waals surface area contributed by atoms with E-state index >= 15 is 0 Å². The van der Waals surface area contributed by atoms with Gasteiger partial charge in [-0.25, -0.2) is 4.68 Å². The lowest BCUT2D eigenvalue weighted by atomic mass is 9.95. The lowest BCUT2D eigenvalue weighted by Crippen LogP contribution is -2.24. The standard InChI is InChI=1S/C16H20N2O/c1-12(2)13(3)15-9-10-16(19)18(17-15)11-14-7-5-4-6-8-14/h4-10,12-13H,11H2,1-3H3. The molecule has 0 aliphatic rings. The molecule has 0 saturated heterocycles. The summed E-state index contributed by atoms with van der Waals surface area (Å²) in [6.07, 6.45) is 0. The van der Waals surface area contributed by atoms with Crippen LogP contribution in [0.15, 0.2) is 47.3 Å². The van der Waals surface area contributed by atoms with E-state index in [1.165, 1.54) is 0 Å². The quantitative estimate of drug-likeness (QED) is 0.842. The average Bonchev–Trinajstić information content (AvgIpc) is 2.41. The second kappa shape index (κ2) is 5.83. The lowest BCUT2D eigenvalue weighted by molar-refractivity contribution is 0.497. The third-order valence-electron chi connectivity index (χ3n) is 3.53. The molecule has 0 radical (unpaired) electrons. The fraction of sp³-hybridized carbons (Fsp3) is 0.375. The highest BCUT2D eigenvalue weighted by Gasteiger charge is 2.12. The Labute approximate surface area is 113 Å². The van der Waals surface area contributed by atoms with Gasteiger partial charge in [-0.2, -0.15) is 5.10 Å². The molecule has 0 spiro atoms. The summed E-state index contributed by atoms with van der Waals surface area (Å²) in [4.78, 5) is 11.9. The Morgan fingerprint density at radius 1 is 1.05 bits per heavy atom. The first kappa shape index (κ1) is 13.5. The van der Waals surface area contributed by atoms with Gasteiger partial charge in [0.2, 0.25) is 0 Å². The van der Waals surface area contributed by atoms with Gasteiger partial charge in [0.25, 0.3) is 5.56 Å². The Morgan fingerprint density at radius 3 is 2.37 bits per heavy atom. The van der Waals surface area contributed by atoms with E-state index in [9.17, 15) is 4.79 Å². The topological polar surface area (TPSA) is 34.9 Å². The Kier molecular flexibility index (Phi) is 4.15. The molecule has 1 heterocycles. The third-order valence-corrected chi connectivity index (χ3v) is 3.53. The molecule has 3 nitrogen and oxygen atoms in total. The summed E-state index contributed by atoms with van der Waals surface area (Å²) in [7, 11) is 0. The van der Waals surface area contributed by atoms with Gasteiger partial charge in [-0.15, -0.1) is 0 Å². The molecule has 3 heteroatoms. The van der Waals surface area contributed by atoms with Crippen molar-refractivity contribution in [3.63, 3.8) is 0 Å². The number of rotatable bonds is 4. The lowest BCUT2D eigenvalue weighted by Gasteiger charge is -2.16. The molecule has 1 unspecified atom stereocenters. The molecule has 100 valence electrons. The molecule has 19 heavy (non-hydrogen) atoms. The van der Waals surface area contributed by atoms with Crippen molar-refractivity contribution in [1.29, 1.82) is 0 Å². The van der Waals surface area contributed by atoms with Gasteiger partial charge in [0.05, 0.1) is 12.2 Å². The average molecular weight is 256 g/mol. The first-order valence-electron chi connectivity index (χ1n) is 6.70. The summed E-state index contributed by atoms with van der Waals surface area (Å²) in [5.74, 6) is 0.859. The van der Waals surface area contributed by atoms with Crippen molar-refractivity contribution < 1.29 is 0 Å². The van der Waals surface area contributed by atoms with Crippen molar-refractivity contribution >= 4 is 0 Å². The van der Waals surface area contributed by atoms with Crippen molar-refractivity contribution in [2.75, 3.05) is 0 Å². The fourth-order valence-electron chi connectivity index (χ4n) is 1.92. The number of hydrogen-bond acceptors (Lipinski definition) is 2. The van der Waals surface area contributed by atoms with E-state index in [1.54, 1.807) is 10.7 Å². The third kappa shape index (κ3) is 3.31. The van der Waals surface area contributed by atoms with Crippen molar-refractivity contribution in [1.82, 2.24) is 9.78 Å². The predicted octanol–water partition coefficient (Wildman–Crippen LogP) is 3.05. The van der Waals surface area contributed by atoms with Crippen molar-refractivity contribution in [3.8, 4) is 0 Å². The van der Waals surface area contributed by atoms with E-state index in [-0.39, 0.29) is 5.56 Å². The molecule has 0 bridgehead atoms. The summed E-state index contributed by atoms with van der Waals surface area (Å²) in [6, 6.07) is 13.4. The number of hydrogen-bond donors (Lipinski definition) is 0. The van der Waals surface area contributed by atoms with Crippen LogP contribution in [0.3, 0.4) is 0 Å². The molecule has 0 aliphatic heterocycles. The zero-order chi connectivity index (χ0) is 13.8. The largest absolute Gasteiger partial charge is 0.268 e. The molecular weight excluding hydrogens is 236 g/mol. The van der Waals surface area contributed by atoms with Gasteiger partial charge in [-0.3, -0.25) is 4.79 Å². The second-order valence-electron chi connectivity index (χ2n) is 5.27. The highest BCUT2D eigenvalue weighted by atomic mass is 16.1. The first-order chi connectivity index (χ1) is 9.08. The number of nitrogens with zero attached hydrogens (tertiary/aromatic N) is 2. The zero-order valence-electron chi connectivity index (χ0n) is 11.7. The zero-order valence-corrected chi connectivity index (χ0v) is 11.7. The fourth-order valence-corrected chi connectivity index (χ4v) is 1.92. The van der Waals surface area contributed by atoms with Crippen LogP contribution in [-0.4, -0.2) is 9.78 Å². The van der Waals surface area contributed by atoms with Crippen LogP contribution in [0.1, 0.15) is 37.9 Å². The highest BCUT2D eigenvalue weighted by molar-refractivity contribution is 5.15.